The van der Waals surface area contributed by atoms with Gasteiger partial charge in [-0.05, 0) is 36.5 Å². The fourth-order valence-corrected chi connectivity index (χ4v) is 4.69. The molecule has 0 bridgehead atoms. The van der Waals surface area contributed by atoms with E-state index in [0.29, 0.717) is 18.1 Å². The first kappa shape index (κ1) is 13.6. The molecule has 1 aliphatic rings. The lowest BCUT2D eigenvalue weighted by Gasteiger charge is -2.21. The summed E-state index contributed by atoms with van der Waals surface area (Å²) in [6, 6.07) is 4.00. The molecule has 2 aromatic rings. The smallest absolute Gasteiger partial charge is 0.150 e. The van der Waals surface area contributed by atoms with E-state index in [9.17, 15) is 8.42 Å². The van der Waals surface area contributed by atoms with Crippen molar-refractivity contribution in [2.75, 3.05) is 11.5 Å². The number of hydrogen-bond donors (Lipinski definition) is 1. The highest BCUT2D eigenvalue weighted by molar-refractivity contribution is 7.91. The van der Waals surface area contributed by atoms with Gasteiger partial charge < -0.3 is 10.1 Å². The van der Waals surface area contributed by atoms with Crippen LogP contribution in [0.3, 0.4) is 0 Å². The predicted octanol–water partition coefficient (Wildman–Crippen LogP) is 1.16. The van der Waals surface area contributed by atoms with Crippen LogP contribution in [-0.4, -0.2) is 29.3 Å². The van der Waals surface area contributed by atoms with Crippen molar-refractivity contribution in [3.63, 3.8) is 0 Å². The highest BCUT2D eigenvalue weighted by Crippen LogP contribution is 2.22. The van der Waals surface area contributed by atoms with Gasteiger partial charge in [-0.1, -0.05) is 0 Å². The Labute approximate surface area is 118 Å². The third-order valence-electron chi connectivity index (χ3n) is 3.94. The monoisotopic (exact) mass is 293 g/mol. The number of nitrogens with zero attached hydrogens (tertiary/aromatic N) is 2. The molecule has 2 N–H and O–H groups in total. The first-order chi connectivity index (χ1) is 9.57. The van der Waals surface area contributed by atoms with Gasteiger partial charge in [0, 0.05) is 19.2 Å². The van der Waals surface area contributed by atoms with Crippen LogP contribution in [0.4, 0.5) is 0 Å². The molecule has 108 valence electrons. The van der Waals surface area contributed by atoms with Crippen LogP contribution in [0.1, 0.15) is 24.2 Å². The summed E-state index contributed by atoms with van der Waals surface area (Å²) in [6.45, 7) is 0.512. The van der Waals surface area contributed by atoms with Gasteiger partial charge in [0.25, 0.3) is 0 Å². The summed E-state index contributed by atoms with van der Waals surface area (Å²) < 4.78 is 25.4. The van der Waals surface area contributed by atoms with E-state index in [1.807, 2.05) is 28.9 Å². The molecule has 0 amide bonds. The Morgan fingerprint density at radius 2 is 2.30 bits per heavy atom. The van der Waals surface area contributed by atoms with Gasteiger partial charge in [-0.25, -0.2) is 13.4 Å². The van der Waals surface area contributed by atoms with Crippen LogP contribution in [0.5, 0.6) is 0 Å². The second kappa shape index (κ2) is 5.18. The third kappa shape index (κ3) is 2.71. The zero-order chi connectivity index (χ0) is 14.2. The van der Waals surface area contributed by atoms with Crippen LogP contribution in [0.2, 0.25) is 0 Å². The molecule has 20 heavy (non-hydrogen) atoms. The molecule has 0 spiro atoms. The van der Waals surface area contributed by atoms with E-state index in [2.05, 4.69) is 4.98 Å². The number of fused-ring (bicyclic) bond motifs is 1. The number of pyridine rings is 1. The van der Waals surface area contributed by atoms with E-state index in [1.165, 1.54) is 0 Å². The topological polar surface area (TPSA) is 77.5 Å². The van der Waals surface area contributed by atoms with Gasteiger partial charge in [-0.3, -0.25) is 0 Å². The minimum Gasteiger partial charge on any atom is -0.326 e. The Bertz CT molecular complexity index is 721. The molecule has 2 aromatic heterocycles. The third-order valence-corrected chi connectivity index (χ3v) is 5.83. The fraction of sp³-hybridized carbons (Fsp3) is 0.500. The Balaban J connectivity index is 1.84. The summed E-state index contributed by atoms with van der Waals surface area (Å²) in [4.78, 5) is 4.44. The number of hydrogen-bond acceptors (Lipinski definition) is 4. The molecular weight excluding hydrogens is 274 g/mol. The van der Waals surface area contributed by atoms with E-state index in [0.717, 1.165) is 36.2 Å². The van der Waals surface area contributed by atoms with Crippen LogP contribution < -0.4 is 5.73 Å². The minimum absolute atomic E-state index is 0.188. The van der Waals surface area contributed by atoms with E-state index in [4.69, 9.17) is 5.73 Å². The Kier molecular flexibility index (Phi) is 3.52. The second-order valence-electron chi connectivity index (χ2n) is 5.54. The van der Waals surface area contributed by atoms with E-state index in [-0.39, 0.29) is 5.92 Å². The van der Waals surface area contributed by atoms with Crippen LogP contribution in [0.15, 0.2) is 24.5 Å². The van der Waals surface area contributed by atoms with Crippen molar-refractivity contribution in [2.24, 2.45) is 11.7 Å². The van der Waals surface area contributed by atoms with Crippen molar-refractivity contribution in [2.45, 2.75) is 25.8 Å². The lowest BCUT2D eigenvalue weighted by atomic mass is 10.0. The van der Waals surface area contributed by atoms with Gasteiger partial charge in [0.15, 0.2) is 9.84 Å². The quantitative estimate of drug-likeness (QED) is 0.921. The largest absolute Gasteiger partial charge is 0.326 e. The maximum Gasteiger partial charge on any atom is 0.150 e. The number of nitrogens with two attached hydrogens (primary N) is 1. The molecule has 5 nitrogen and oxygen atoms in total. The Morgan fingerprint density at radius 3 is 3.05 bits per heavy atom. The van der Waals surface area contributed by atoms with Crippen LogP contribution >= 0.6 is 0 Å². The molecule has 1 aliphatic heterocycles. The van der Waals surface area contributed by atoms with Gasteiger partial charge in [-0.2, -0.15) is 0 Å². The predicted molar refractivity (Wildman–Crippen MR) is 78.2 cm³/mol. The van der Waals surface area contributed by atoms with Crippen molar-refractivity contribution in [3.05, 3.63) is 35.9 Å². The molecule has 6 heteroatoms. The number of rotatable bonds is 3. The number of sulfone groups is 1. The lowest BCUT2D eigenvalue weighted by Crippen LogP contribution is -2.27. The molecule has 0 aliphatic carbocycles. The first-order valence-corrected chi connectivity index (χ1v) is 8.75. The average Bonchev–Trinajstić information content (AvgIpc) is 2.80. The first-order valence-electron chi connectivity index (χ1n) is 6.93. The van der Waals surface area contributed by atoms with Crippen molar-refractivity contribution in [3.8, 4) is 0 Å². The van der Waals surface area contributed by atoms with Crippen LogP contribution in [-0.2, 0) is 22.8 Å². The molecule has 1 saturated heterocycles. The molecule has 1 unspecified atom stereocenters. The Hall–Kier alpha value is -1.40. The van der Waals surface area contributed by atoms with Crippen molar-refractivity contribution in [1.82, 2.24) is 9.38 Å². The molecule has 1 fully saturated rings. The van der Waals surface area contributed by atoms with Gasteiger partial charge in [-0.15, -0.1) is 0 Å². The van der Waals surface area contributed by atoms with Gasteiger partial charge in [0.2, 0.25) is 0 Å². The minimum atomic E-state index is -2.85. The number of aromatic nitrogens is 2. The molecular formula is C14H19N3O2S. The average molecular weight is 293 g/mol. The van der Waals surface area contributed by atoms with Crippen molar-refractivity contribution >= 4 is 15.4 Å². The van der Waals surface area contributed by atoms with E-state index < -0.39 is 9.84 Å². The highest BCUT2D eigenvalue weighted by Gasteiger charge is 2.25. The van der Waals surface area contributed by atoms with Crippen LogP contribution in [0, 0.1) is 5.92 Å². The van der Waals surface area contributed by atoms with E-state index >= 15 is 0 Å². The summed E-state index contributed by atoms with van der Waals surface area (Å²) >= 11 is 0. The van der Waals surface area contributed by atoms with Crippen molar-refractivity contribution in [1.29, 1.82) is 0 Å². The summed E-state index contributed by atoms with van der Waals surface area (Å²) in [5.41, 5.74) is 7.72. The fourth-order valence-electron chi connectivity index (χ4n) is 2.92. The normalized spacial score (nSPS) is 22.1. The molecule has 3 heterocycles. The summed E-state index contributed by atoms with van der Waals surface area (Å²) in [5.74, 6) is 1.76. The van der Waals surface area contributed by atoms with Crippen LogP contribution in [0.25, 0.3) is 5.52 Å². The standard InChI is InChI=1S/C14H19N3O2S/c15-8-11-3-4-17-13(6-11)9-16-14(17)7-12-2-1-5-20(18,19)10-12/h3-4,6,9,12H,1-2,5,7-8,10,15H2. The maximum absolute atomic E-state index is 11.7. The van der Waals surface area contributed by atoms with Crippen molar-refractivity contribution < 1.29 is 8.42 Å². The van der Waals surface area contributed by atoms with Gasteiger partial charge >= 0.3 is 0 Å². The van der Waals surface area contributed by atoms with Gasteiger partial charge in [0.1, 0.15) is 5.82 Å². The van der Waals surface area contributed by atoms with Gasteiger partial charge in [0.05, 0.1) is 23.2 Å². The maximum atomic E-state index is 11.7. The molecule has 3 rings (SSSR count). The lowest BCUT2D eigenvalue weighted by molar-refractivity contribution is 0.475. The second-order valence-corrected chi connectivity index (χ2v) is 7.76. The molecule has 0 saturated carbocycles. The van der Waals surface area contributed by atoms with E-state index in [1.54, 1.807) is 0 Å². The highest BCUT2D eigenvalue weighted by atomic mass is 32.2. The summed E-state index contributed by atoms with van der Waals surface area (Å²) in [5, 5.41) is 0. The zero-order valence-electron chi connectivity index (χ0n) is 11.3. The number of imidazole rings is 1. The summed E-state index contributed by atoms with van der Waals surface area (Å²) in [6.07, 6.45) is 6.25. The molecule has 0 aromatic carbocycles. The zero-order valence-corrected chi connectivity index (χ0v) is 12.1. The Morgan fingerprint density at radius 1 is 1.45 bits per heavy atom. The SMILES string of the molecule is NCc1ccn2c(CC3CCCS(=O)(=O)C3)ncc2c1. The molecule has 0 radical (unpaired) electrons. The molecule has 1 atom stereocenters. The summed E-state index contributed by atoms with van der Waals surface area (Å²) in [7, 11) is -2.85.